The third kappa shape index (κ3) is 3.57. The molecule has 0 spiro atoms. The molecule has 108 valence electrons. The zero-order chi connectivity index (χ0) is 14.5. The second-order valence-electron chi connectivity index (χ2n) is 5.09. The van der Waals surface area contributed by atoms with E-state index in [4.69, 9.17) is 4.42 Å². The summed E-state index contributed by atoms with van der Waals surface area (Å²) >= 11 is 0. The van der Waals surface area contributed by atoms with E-state index in [1.165, 1.54) is 5.56 Å². The van der Waals surface area contributed by atoms with Crippen LogP contribution in [0.25, 0.3) is 0 Å². The van der Waals surface area contributed by atoms with Gasteiger partial charge < -0.3 is 9.73 Å². The zero-order valence-electron chi connectivity index (χ0n) is 12.6. The van der Waals surface area contributed by atoms with Crippen molar-refractivity contribution < 1.29 is 4.42 Å². The van der Waals surface area contributed by atoms with Crippen LogP contribution in [0.15, 0.2) is 28.7 Å². The molecule has 0 fully saturated rings. The monoisotopic (exact) mass is 274 g/mol. The van der Waals surface area contributed by atoms with Crippen LogP contribution in [0.2, 0.25) is 0 Å². The highest BCUT2D eigenvalue weighted by Gasteiger charge is 2.12. The van der Waals surface area contributed by atoms with Crippen molar-refractivity contribution in [3.05, 3.63) is 35.7 Å². The molecule has 1 N–H and O–H groups in total. The smallest absolute Gasteiger partial charge is 0.322 e. The predicted octanol–water partition coefficient (Wildman–Crippen LogP) is 2.90. The maximum absolute atomic E-state index is 5.65. The highest BCUT2D eigenvalue weighted by Crippen LogP contribution is 2.22. The first-order valence-corrected chi connectivity index (χ1v) is 6.98. The van der Waals surface area contributed by atoms with Crippen molar-refractivity contribution in [1.82, 2.24) is 15.5 Å². The lowest BCUT2D eigenvalue weighted by atomic mass is 10.1. The average Bonchev–Trinajstić information content (AvgIpc) is 2.93. The molecule has 20 heavy (non-hydrogen) atoms. The van der Waals surface area contributed by atoms with E-state index in [2.05, 4.69) is 60.6 Å². The molecule has 1 aromatic heterocycles. The third-order valence-corrected chi connectivity index (χ3v) is 3.14. The highest BCUT2D eigenvalue weighted by atomic mass is 16.4. The van der Waals surface area contributed by atoms with Gasteiger partial charge in [0.15, 0.2) is 0 Å². The molecule has 0 atom stereocenters. The van der Waals surface area contributed by atoms with Crippen LogP contribution in [-0.4, -0.2) is 23.3 Å². The number of hydrogen-bond donors (Lipinski definition) is 1. The van der Waals surface area contributed by atoms with E-state index in [9.17, 15) is 0 Å². The Morgan fingerprint density at radius 3 is 2.50 bits per heavy atom. The van der Waals surface area contributed by atoms with Crippen molar-refractivity contribution in [2.45, 2.75) is 39.8 Å². The van der Waals surface area contributed by atoms with E-state index in [1.807, 2.05) is 11.9 Å². The van der Waals surface area contributed by atoms with Crippen molar-refractivity contribution in [3.63, 3.8) is 0 Å². The molecule has 2 rings (SSSR count). The Hall–Kier alpha value is -1.88. The van der Waals surface area contributed by atoms with Gasteiger partial charge in [0.1, 0.15) is 0 Å². The van der Waals surface area contributed by atoms with Gasteiger partial charge in [0.25, 0.3) is 0 Å². The molecule has 0 aliphatic heterocycles. The molecule has 1 aromatic carbocycles. The number of nitrogens with one attached hydrogen (secondary N) is 1. The van der Waals surface area contributed by atoms with E-state index >= 15 is 0 Å². The predicted molar refractivity (Wildman–Crippen MR) is 80.2 cm³/mol. The first kappa shape index (κ1) is 14.5. The number of benzene rings is 1. The van der Waals surface area contributed by atoms with Crippen LogP contribution in [0.5, 0.6) is 0 Å². The van der Waals surface area contributed by atoms with Gasteiger partial charge in [-0.2, -0.15) is 0 Å². The molecule has 0 amide bonds. The van der Waals surface area contributed by atoms with Crippen molar-refractivity contribution >= 4 is 11.7 Å². The van der Waals surface area contributed by atoms with Crippen molar-refractivity contribution in [1.29, 1.82) is 0 Å². The van der Waals surface area contributed by atoms with E-state index < -0.39 is 0 Å². The van der Waals surface area contributed by atoms with Gasteiger partial charge in [-0.3, -0.25) is 4.90 Å². The number of rotatable bonds is 6. The molecular formula is C15H22N4O. The number of anilines is 2. The summed E-state index contributed by atoms with van der Waals surface area (Å²) in [5, 5.41) is 11.4. The van der Waals surface area contributed by atoms with Gasteiger partial charge >= 0.3 is 6.01 Å². The summed E-state index contributed by atoms with van der Waals surface area (Å²) in [6.45, 7) is 6.90. The number of hydrogen-bond acceptors (Lipinski definition) is 5. The molecule has 0 unspecified atom stereocenters. The SMILES string of the molecule is CCc1ccc(N(C)c2nnc(CNC(C)C)o2)cc1. The summed E-state index contributed by atoms with van der Waals surface area (Å²) in [5.41, 5.74) is 2.35. The van der Waals surface area contributed by atoms with E-state index in [0.717, 1.165) is 12.1 Å². The average molecular weight is 274 g/mol. The van der Waals surface area contributed by atoms with Crippen LogP contribution in [-0.2, 0) is 13.0 Å². The molecule has 0 radical (unpaired) electrons. The molecule has 5 nitrogen and oxygen atoms in total. The fourth-order valence-electron chi connectivity index (χ4n) is 1.81. The minimum Gasteiger partial charge on any atom is -0.406 e. The van der Waals surface area contributed by atoms with Gasteiger partial charge in [-0.15, -0.1) is 5.10 Å². The van der Waals surface area contributed by atoms with E-state index in [0.29, 0.717) is 24.5 Å². The minimum atomic E-state index is 0.393. The normalized spacial score (nSPS) is 11.1. The van der Waals surface area contributed by atoms with Crippen LogP contribution in [0.1, 0.15) is 32.2 Å². The van der Waals surface area contributed by atoms with E-state index in [1.54, 1.807) is 0 Å². The fourth-order valence-corrected chi connectivity index (χ4v) is 1.81. The standard InChI is InChI=1S/C15H22N4O/c1-5-12-6-8-13(9-7-12)19(4)15-18-17-14(20-15)10-16-11(2)3/h6-9,11,16H,5,10H2,1-4H3. The van der Waals surface area contributed by atoms with Crippen LogP contribution in [0.3, 0.4) is 0 Å². The molecule has 1 heterocycles. The van der Waals surface area contributed by atoms with E-state index in [-0.39, 0.29) is 0 Å². The fraction of sp³-hybridized carbons (Fsp3) is 0.467. The third-order valence-electron chi connectivity index (χ3n) is 3.14. The van der Waals surface area contributed by atoms with Gasteiger partial charge in [-0.25, -0.2) is 0 Å². The minimum absolute atomic E-state index is 0.393. The van der Waals surface area contributed by atoms with Crippen molar-refractivity contribution in [3.8, 4) is 0 Å². The molecular weight excluding hydrogens is 252 g/mol. The van der Waals surface area contributed by atoms with Gasteiger partial charge in [0.2, 0.25) is 5.89 Å². The molecule has 0 saturated carbocycles. The molecule has 0 aliphatic carbocycles. The second-order valence-corrected chi connectivity index (χ2v) is 5.09. The number of aromatic nitrogens is 2. The maximum atomic E-state index is 5.65. The highest BCUT2D eigenvalue weighted by molar-refractivity contribution is 5.55. The van der Waals surface area contributed by atoms with Crippen LogP contribution < -0.4 is 10.2 Å². The van der Waals surface area contributed by atoms with Crippen LogP contribution in [0, 0.1) is 0 Å². The molecule has 0 aliphatic rings. The molecule has 0 saturated heterocycles. The Morgan fingerprint density at radius 2 is 1.90 bits per heavy atom. The van der Waals surface area contributed by atoms with Gasteiger partial charge in [-0.05, 0) is 24.1 Å². The van der Waals surface area contributed by atoms with Gasteiger partial charge in [-0.1, -0.05) is 38.0 Å². The van der Waals surface area contributed by atoms with Crippen molar-refractivity contribution in [2.24, 2.45) is 0 Å². The molecule has 5 heteroatoms. The summed E-state index contributed by atoms with van der Waals surface area (Å²) < 4.78 is 5.65. The van der Waals surface area contributed by atoms with Crippen molar-refractivity contribution in [2.75, 3.05) is 11.9 Å². The van der Waals surface area contributed by atoms with Crippen LogP contribution in [0.4, 0.5) is 11.7 Å². The Bertz CT molecular complexity index is 533. The quantitative estimate of drug-likeness (QED) is 0.877. The largest absolute Gasteiger partial charge is 0.406 e. The number of aryl methyl sites for hydroxylation is 1. The second kappa shape index (κ2) is 6.52. The summed E-state index contributed by atoms with van der Waals surface area (Å²) in [4.78, 5) is 1.89. The summed E-state index contributed by atoms with van der Waals surface area (Å²) in [6, 6.07) is 9.26. The maximum Gasteiger partial charge on any atom is 0.322 e. The Morgan fingerprint density at radius 1 is 1.20 bits per heavy atom. The van der Waals surface area contributed by atoms with Gasteiger partial charge in [0.05, 0.1) is 6.54 Å². The lowest BCUT2D eigenvalue weighted by Crippen LogP contribution is -2.21. The zero-order valence-corrected chi connectivity index (χ0v) is 12.6. The topological polar surface area (TPSA) is 54.2 Å². The first-order valence-electron chi connectivity index (χ1n) is 6.98. The lowest BCUT2D eigenvalue weighted by Gasteiger charge is -2.14. The summed E-state index contributed by atoms with van der Waals surface area (Å²) in [6.07, 6.45) is 1.04. The molecule has 2 aromatic rings. The summed E-state index contributed by atoms with van der Waals surface area (Å²) in [5.74, 6) is 0.603. The Balaban J connectivity index is 2.06. The lowest BCUT2D eigenvalue weighted by molar-refractivity contribution is 0.454. The van der Waals surface area contributed by atoms with Crippen LogP contribution >= 0.6 is 0 Å². The summed E-state index contributed by atoms with van der Waals surface area (Å²) in [7, 11) is 1.92. The van der Waals surface area contributed by atoms with Gasteiger partial charge in [0, 0.05) is 18.8 Å². The Kier molecular flexibility index (Phi) is 4.74. The Labute approximate surface area is 120 Å². The first-order chi connectivity index (χ1) is 9.60. The number of nitrogens with zero attached hydrogens (tertiary/aromatic N) is 3. The molecule has 0 bridgehead atoms.